The zero-order chi connectivity index (χ0) is 18.8. The Kier molecular flexibility index (Phi) is 5.23. The highest BCUT2D eigenvalue weighted by atomic mass is 79.9. The molecule has 3 rings (SSSR count). The number of nitrogens with zero attached hydrogens (tertiary/aromatic N) is 2. The second-order valence-corrected chi connectivity index (χ2v) is 7.16. The fraction of sp³-hybridized carbons (Fsp3) is 0.250. The number of nitrogens with one attached hydrogen (secondary N) is 1. The van der Waals surface area contributed by atoms with E-state index in [9.17, 15) is 5.11 Å². The monoisotopic (exact) mass is 415 g/mol. The van der Waals surface area contributed by atoms with Crippen molar-refractivity contribution in [3.05, 3.63) is 57.7 Å². The third-order valence-corrected chi connectivity index (χ3v) is 5.15. The highest BCUT2D eigenvalue weighted by Crippen LogP contribution is 2.35. The molecule has 1 heterocycles. The minimum absolute atomic E-state index is 0.102. The predicted octanol–water partition coefficient (Wildman–Crippen LogP) is 4.79. The highest BCUT2D eigenvalue weighted by Gasteiger charge is 2.11. The van der Waals surface area contributed by atoms with E-state index in [1.54, 1.807) is 6.07 Å². The van der Waals surface area contributed by atoms with Crippen LogP contribution in [0, 0.1) is 13.8 Å². The molecule has 0 fully saturated rings. The van der Waals surface area contributed by atoms with Crippen molar-refractivity contribution in [3.63, 3.8) is 0 Å². The maximum atomic E-state index is 9.91. The van der Waals surface area contributed by atoms with Crippen molar-refractivity contribution in [1.29, 1.82) is 0 Å². The largest absolute Gasteiger partial charge is 0.503 e. The molecule has 0 unspecified atom stereocenters. The number of aromatic hydroxyl groups is 1. The summed E-state index contributed by atoms with van der Waals surface area (Å²) in [7, 11) is 3.53. The van der Waals surface area contributed by atoms with E-state index in [-0.39, 0.29) is 5.75 Å². The maximum Gasteiger partial charge on any atom is 0.203 e. The van der Waals surface area contributed by atoms with Gasteiger partial charge in [0.1, 0.15) is 0 Å². The van der Waals surface area contributed by atoms with Gasteiger partial charge >= 0.3 is 0 Å². The molecular weight excluding hydrogens is 394 g/mol. The molecule has 2 aromatic carbocycles. The molecule has 0 atom stereocenters. The molecule has 6 heteroatoms. The van der Waals surface area contributed by atoms with Gasteiger partial charge in [0, 0.05) is 19.2 Å². The molecule has 0 aliphatic carbocycles. The van der Waals surface area contributed by atoms with E-state index in [2.05, 4.69) is 58.3 Å². The molecule has 0 saturated heterocycles. The number of imidazole rings is 1. The first kappa shape index (κ1) is 18.3. The maximum absolute atomic E-state index is 9.91. The van der Waals surface area contributed by atoms with E-state index >= 15 is 0 Å². The molecule has 0 aliphatic rings. The molecule has 0 saturated carbocycles. The number of rotatable bonds is 5. The number of ether oxygens (including phenoxy) is 1. The fourth-order valence-corrected chi connectivity index (χ4v) is 3.30. The lowest BCUT2D eigenvalue weighted by Crippen LogP contribution is -2.06. The third kappa shape index (κ3) is 3.55. The lowest BCUT2D eigenvalue weighted by Gasteiger charge is -2.11. The Labute approximate surface area is 161 Å². The van der Waals surface area contributed by atoms with Gasteiger partial charge in [-0.1, -0.05) is 12.1 Å². The lowest BCUT2D eigenvalue weighted by molar-refractivity contribution is 0.371. The number of methoxy groups -OCH3 is 1. The van der Waals surface area contributed by atoms with Crippen molar-refractivity contribution in [3.8, 4) is 22.8 Å². The minimum Gasteiger partial charge on any atom is -0.503 e. The van der Waals surface area contributed by atoms with E-state index in [1.807, 2.05) is 23.9 Å². The summed E-state index contributed by atoms with van der Waals surface area (Å²) in [5, 5.41) is 13.3. The molecule has 0 bridgehead atoms. The molecule has 5 nitrogen and oxygen atoms in total. The van der Waals surface area contributed by atoms with Gasteiger partial charge < -0.3 is 19.7 Å². The number of anilines is 1. The number of phenolic OH excluding ortho intramolecular Hbond substituents is 1. The number of hydrogen-bond acceptors (Lipinski definition) is 4. The molecule has 0 aliphatic heterocycles. The Morgan fingerprint density at radius 2 is 1.96 bits per heavy atom. The van der Waals surface area contributed by atoms with Crippen LogP contribution in [0.1, 0.15) is 16.7 Å². The van der Waals surface area contributed by atoms with E-state index in [4.69, 9.17) is 4.74 Å². The quantitative estimate of drug-likeness (QED) is 0.628. The summed E-state index contributed by atoms with van der Waals surface area (Å²) in [6.45, 7) is 4.79. The number of aryl methyl sites for hydroxylation is 2. The summed E-state index contributed by atoms with van der Waals surface area (Å²) in [4.78, 5) is 4.50. The van der Waals surface area contributed by atoms with Gasteiger partial charge in [0.25, 0.3) is 0 Å². The Morgan fingerprint density at radius 1 is 1.19 bits per heavy atom. The number of benzene rings is 2. The number of phenols is 1. The van der Waals surface area contributed by atoms with Crippen LogP contribution in [0.25, 0.3) is 11.3 Å². The standard InChI is InChI=1S/C20H22BrN3O2/c1-12-5-6-15(7-13(12)2)17-11-23-20(24(17)3)22-10-14-8-16(21)19(25)18(9-14)26-4/h5-9,11,25H,10H2,1-4H3,(H,22,23). The zero-order valence-electron chi connectivity index (χ0n) is 15.3. The van der Waals surface area contributed by atoms with Crippen molar-refractivity contribution >= 4 is 21.9 Å². The highest BCUT2D eigenvalue weighted by molar-refractivity contribution is 9.10. The molecule has 0 radical (unpaired) electrons. The summed E-state index contributed by atoms with van der Waals surface area (Å²) in [6.07, 6.45) is 1.87. The smallest absolute Gasteiger partial charge is 0.203 e. The van der Waals surface area contributed by atoms with Crippen molar-refractivity contribution in [2.45, 2.75) is 20.4 Å². The molecule has 3 aromatic rings. The van der Waals surface area contributed by atoms with Gasteiger partial charge in [-0.15, -0.1) is 0 Å². The summed E-state index contributed by atoms with van der Waals surface area (Å²) in [5.74, 6) is 1.32. The first-order chi connectivity index (χ1) is 12.4. The average Bonchev–Trinajstić information content (AvgIpc) is 2.99. The first-order valence-corrected chi connectivity index (χ1v) is 9.08. The number of hydrogen-bond donors (Lipinski definition) is 2. The second-order valence-electron chi connectivity index (χ2n) is 6.31. The first-order valence-electron chi connectivity index (χ1n) is 8.29. The molecule has 26 heavy (non-hydrogen) atoms. The SMILES string of the molecule is COc1cc(CNc2ncc(-c3ccc(C)c(C)c3)n2C)cc(Br)c1O. The van der Waals surface area contributed by atoms with Gasteiger partial charge in [-0.3, -0.25) is 0 Å². The van der Waals surface area contributed by atoms with Gasteiger partial charge in [0.05, 0.1) is 23.5 Å². The Balaban J connectivity index is 1.81. The van der Waals surface area contributed by atoms with Crippen LogP contribution in [-0.4, -0.2) is 21.8 Å². The number of halogens is 1. The molecule has 0 amide bonds. The van der Waals surface area contributed by atoms with Crippen LogP contribution in [0.5, 0.6) is 11.5 Å². The Morgan fingerprint density at radius 3 is 2.65 bits per heavy atom. The van der Waals surface area contributed by atoms with Crippen LogP contribution in [0.3, 0.4) is 0 Å². The van der Waals surface area contributed by atoms with Crippen molar-refractivity contribution in [2.75, 3.05) is 12.4 Å². The summed E-state index contributed by atoms with van der Waals surface area (Å²) in [6, 6.07) is 10.1. The van der Waals surface area contributed by atoms with Gasteiger partial charge in [0.2, 0.25) is 5.95 Å². The molecule has 0 spiro atoms. The Bertz CT molecular complexity index is 950. The summed E-state index contributed by atoms with van der Waals surface area (Å²) >= 11 is 3.35. The van der Waals surface area contributed by atoms with Gasteiger partial charge in [0.15, 0.2) is 11.5 Å². The summed E-state index contributed by atoms with van der Waals surface area (Å²) < 4.78 is 7.84. The van der Waals surface area contributed by atoms with E-state index in [1.165, 1.54) is 18.2 Å². The van der Waals surface area contributed by atoms with Gasteiger partial charge in [-0.2, -0.15) is 0 Å². The minimum atomic E-state index is 0.102. The van der Waals surface area contributed by atoms with E-state index < -0.39 is 0 Å². The van der Waals surface area contributed by atoms with Crippen molar-refractivity contribution < 1.29 is 9.84 Å². The normalized spacial score (nSPS) is 10.8. The van der Waals surface area contributed by atoms with Crippen LogP contribution in [0.2, 0.25) is 0 Å². The van der Waals surface area contributed by atoms with Crippen molar-refractivity contribution in [1.82, 2.24) is 9.55 Å². The predicted molar refractivity (Wildman–Crippen MR) is 108 cm³/mol. The molecule has 136 valence electrons. The van der Waals surface area contributed by atoms with Gasteiger partial charge in [-0.05, 0) is 64.7 Å². The lowest BCUT2D eigenvalue weighted by atomic mass is 10.0. The average molecular weight is 416 g/mol. The van der Waals surface area contributed by atoms with Crippen LogP contribution in [0.15, 0.2) is 41.0 Å². The summed E-state index contributed by atoms with van der Waals surface area (Å²) in [5.41, 5.74) is 5.72. The Hall–Kier alpha value is -2.47. The van der Waals surface area contributed by atoms with Crippen molar-refractivity contribution in [2.24, 2.45) is 7.05 Å². The van der Waals surface area contributed by atoms with Crippen LogP contribution in [0.4, 0.5) is 5.95 Å². The molecular formula is C20H22BrN3O2. The topological polar surface area (TPSA) is 59.3 Å². The van der Waals surface area contributed by atoms with E-state index in [0.29, 0.717) is 16.8 Å². The van der Waals surface area contributed by atoms with Crippen LogP contribution >= 0.6 is 15.9 Å². The fourth-order valence-electron chi connectivity index (χ4n) is 2.81. The molecule has 2 N–H and O–H groups in total. The number of aromatic nitrogens is 2. The van der Waals surface area contributed by atoms with Gasteiger partial charge in [-0.25, -0.2) is 4.98 Å². The van der Waals surface area contributed by atoms with Crippen LogP contribution < -0.4 is 10.1 Å². The third-order valence-electron chi connectivity index (χ3n) is 4.55. The van der Waals surface area contributed by atoms with Crippen LogP contribution in [-0.2, 0) is 13.6 Å². The molecule has 1 aromatic heterocycles. The second kappa shape index (κ2) is 7.41. The van der Waals surface area contributed by atoms with E-state index in [0.717, 1.165) is 22.8 Å². The zero-order valence-corrected chi connectivity index (χ0v) is 16.9.